The number of hydrogen-bond acceptors (Lipinski definition) is 7. The maximum Gasteiger partial charge on any atom is 0.497 e. The van der Waals surface area contributed by atoms with Crippen LogP contribution in [0.3, 0.4) is 0 Å². The minimum absolute atomic E-state index is 0.331. The van der Waals surface area contributed by atoms with Gasteiger partial charge in [-0.1, -0.05) is 0 Å². The van der Waals surface area contributed by atoms with Crippen LogP contribution in [0.25, 0.3) is 11.0 Å². The molecule has 3 rings (SSSR count). The topological polar surface area (TPSA) is 79.8 Å². The number of ether oxygens (including phenoxy) is 2. The Morgan fingerprint density at radius 2 is 1.81 bits per heavy atom. The van der Waals surface area contributed by atoms with Gasteiger partial charge in [0.1, 0.15) is 0 Å². The van der Waals surface area contributed by atoms with Gasteiger partial charge in [0.25, 0.3) is 0 Å². The Kier molecular flexibility index (Phi) is 4.77. The van der Waals surface area contributed by atoms with Gasteiger partial charge >= 0.3 is 13.1 Å². The summed E-state index contributed by atoms with van der Waals surface area (Å²) in [6, 6.07) is 3.35. The van der Waals surface area contributed by atoms with Gasteiger partial charge in [-0.05, 0) is 39.8 Å². The number of nitrogens with zero attached hydrogens (tertiary/aromatic N) is 2. The Labute approximate surface area is 153 Å². The van der Waals surface area contributed by atoms with E-state index < -0.39 is 24.3 Å². The van der Waals surface area contributed by atoms with Crippen molar-refractivity contribution < 1.29 is 23.6 Å². The number of hydrogen-bond donors (Lipinski definition) is 0. The Hall–Kier alpha value is -2.03. The van der Waals surface area contributed by atoms with Gasteiger partial charge in [0.05, 0.1) is 53.4 Å². The molecule has 2 aromatic rings. The van der Waals surface area contributed by atoms with Crippen LogP contribution in [0.15, 0.2) is 18.3 Å². The van der Waals surface area contributed by atoms with Crippen LogP contribution >= 0.6 is 0 Å². The number of rotatable bonds is 4. The Morgan fingerprint density at radius 1 is 1.15 bits per heavy atom. The second-order valence-electron chi connectivity index (χ2n) is 7.31. The van der Waals surface area contributed by atoms with Crippen LogP contribution in [0.2, 0.25) is 0 Å². The van der Waals surface area contributed by atoms with Crippen molar-refractivity contribution in [1.29, 1.82) is 0 Å². The zero-order valence-corrected chi connectivity index (χ0v) is 16.0. The highest BCUT2D eigenvalue weighted by molar-refractivity contribution is 6.65. The second kappa shape index (κ2) is 6.61. The summed E-state index contributed by atoms with van der Waals surface area (Å²) in [5, 5.41) is 0. The molecule has 0 radical (unpaired) electrons. The van der Waals surface area contributed by atoms with Crippen LogP contribution in [0.5, 0.6) is 0 Å². The highest BCUT2D eigenvalue weighted by Crippen LogP contribution is 2.37. The van der Waals surface area contributed by atoms with Gasteiger partial charge < -0.3 is 18.8 Å². The summed E-state index contributed by atoms with van der Waals surface area (Å²) in [7, 11) is 2.27. The van der Waals surface area contributed by atoms with E-state index in [1.165, 1.54) is 7.11 Å². The lowest BCUT2D eigenvalue weighted by Gasteiger charge is -2.32. The minimum atomic E-state index is -0.658. The molecule has 0 unspecified atom stereocenters. The lowest BCUT2D eigenvalue weighted by molar-refractivity contribution is 0.00578. The molecule has 8 heteroatoms. The quantitative estimate of drug-likeness (QED) is 0.610. The van der Waals surface area contributed by atoms with E-state index in [2.05, 4.69) is 9.97 Å². The van der Waals surface area contributed by atoms with Gasteiger partial charge in [-0.25, -0.2) is 9.78 Å². The maximum atomic E-state index is 12.1. The standard InChI is InChI=1S/C18H23BN2O5/c1-17(2)18(3,4)26-19(25-17)13-7-11(16(22)24-6)8-14-15(13)20-9-12(21-14)10-23-5/h7-9H,10H2,1-6H3. The number of methoxy groups -OCH3 is 2. The molecule has 0 N–H and O–H groups in total. The number of esters is 1. The average molecular weight is 358 g/mol. The smallest absolute Gasteiger partial charge is 0.465 e. The van der Waals surface area contributed by atoms with Crippen molar-refractivity contribution in [2.45, 2.75) is 45.5 Å². The number of carbonyl (C=O) groups excluding carboxylic acids is 1. The van der Waals surface area contributed by atoms with Crippen molar-refractivity contribution in [3.8, 4) is 0 Å². The van der Waals surface area contributed by atoms with E-state index in [0.717, 1.165) is 0 Å². The summed E-state index contributed by atoms with van der Waals surface area (Å²) >= 11 is 0. The van der Waals surface area contributed by atoms with Gasteiger partial charge in [-0.15, -0.1) is 0 Å². The van der Waals surface area contributed by atoms with E-state index in [0.29, 0.717) is 34.4 Å². The van der Waals surface area contributed by atoms with E-state index >= 15 is 0 Å². The summed E-state index contributed by atoms with van der Waals surface area (Å²) in [4.78, 5) is 21.2. The maximum absolute atomic E-state index is 12.1. The lowest BCUT2D eigenvalue weighted by Crippen LogP contribution is -2.41. The molecule has 1 fully saturated rings. The van der Waals surface area contributed by atoms with Crippen molar-refractivity contribution in [2.75, 3.05) is 14.2 Å². The third kappa shape index (κ3) is 3.20. The van der Waals surface area contributed by atoms with Crippen LogP contribution < -0.4 is 5.46 Å². The van der Waals surface area contributed by atoms with Crippen LogP contribution in [0.4, 0.5) is 0 Å². The molecular formula is C18H23BN2O5. The zero-order valence-electron chi connectivity index (χ0n) is 16.0. The van der Waals surface area contributed by atoms with E-state index in [9.17, 15) is 4.79 Å². The van der Waals surface area contributed by atoms with Crippen LogP contribution in [0, 0.1) is 0 Å². The van der Waals surface area contributed by atoms with Gasteiger partial charge in [-0.2, -0.15) is 0 Å². The lowest BCUT2D eigenvalue weighted by atomic mass is 9.77. The predicted molar refractivity (Wildman–Crippen MR) is 97.3 cm³/mol. The molecule has 26 heavy (non-hydrogen) atoms. The van der Waals surface area contributed by atoms with E-state index in [4.69, 9.17) is 18.8 Å². The summed E-state index contributed by atoms with van der Waals surface area (Å²) in [6.07, 6.45) is 1.65. The van der Waals surface area contributed by atoms with E-state index in [1.54, 1.807) is 25.4 Å². The molecule has 0 atom stereocenters. The van der Waals surface area contributed by atoms with Crippen LogP contribution in [0.1, 0.15) is 43.7 Å². The fraction of sp³-hybridized carbons (Fsp3) is 0.500. The van der Waals surface area contributed by atoms with Gasteiger partial charge in [0.2, 0.25) is 0 Å². The molecule has 2 heterocycles. The Balaban J connectivity index is 2.15. The van der Waals surface area contributed by atoms with Crippen molar-refractivity contribution in [1.82, 2.24) is 9.97 Å². The Bertz CT molecular complexity index is 837. The summed E-state index contributed by atoms with van der Waals surface area (Å²) in [6.45, 7) is 8.23. The molecule has 1 aromatic heterocycles. The average Bonchev–Trinajstić information content (AvgIpc) is 2.80. The van der Waals surface area contributed by atoms with Crippen molar-refractivity contribution in [2.24, 2.45) is 0 Å². The third-order valence-corrected chi connectivity index (χ3v) is 4.95. The normalized spacial score (nSPS) is 18.3. The molecule has 0 saturated carbocycles. The molecule has 0 amide bonds. The van der Waals surface area contributed by atoms with Crippen molar-refractivity contribution in [3.05, 3.63) is 29.6 Å². The first kappa shape index (κ1) is 18.8. The molecule has 7 nitrogen and oxygen atoms in total. The SMILES string of the molecule is COCc1cnc2c(B3OC(C)(C)C(C)(C)O3)cc(C(=O)OC)cc2n1. The van der Waals surface area contributed by atoms with Crippen LogP contribution in [-0.2, 0) is 25.4 Å². The number of carbonyl (C=O) groups is 1. The largest absolute Gasteiger partial charge is 0.497 e. The first-order valence-electron chi connectivity index (χ1n) is 8.41. The molecule has 138 valence electrons. The summed E-state index contributed by atoms with van der Waals surface area (Å²) in [5.41, 5.74) is 1.86. The van der Waals surface area contributed by atoms with Crippen molar-refractivity contribution in [3.63, 3.8) is 0 Å². The molecular weight excluding hydrogens is 335 g/mol. The van der Waals surface area contributed by atoms with Gasteiger partial charge in [0, 0.05) is 12.6 Å². The number of fused-ring (bicyclic) bond motifs is 1. The third-order valence-electron chi connectivity index (χ3n) is 4.95. The zero-order chi connectivity index (χ0) is 19.1. The molecule has 0 spiro atoms. The molecule has 0 aliphatic carbocycles. The highest BCUT2D eigenvalue weighted by atomic mass is 16.7. The Morgan fingerprint density at radius 3 is 2.38 bits per heavy atom. The predicted octanol–water partition coefficient (Wildman–Crippen LogP) is 1.86. The van der Waals surface area contributed by atoms with Crippen molar-refractivity contribution >= 4 is 29.6 Å². The first-order valence-corrected chi connectivity index (χ1v) is 8.41. The van der Waals surface area contributed by atoms with Gasteiger partial charge in [-0.3, -0.25) is 4.98 Å². The molecule has 1 saturated heterocycles. The monoisotopic (exact) mass is 358 g/mol. The summed E-state index contributed by atoms with van der Waals surface area (Å²) in [5.74, 6) is -0.455. The van der Waals surface area contributed by atoms with E-state index in [1.807, 2.05) is 27.7 Å². The number of benzene rings is 1. The molecule has 1 aromatic carbocycles. The second-order valence-corrected chi connectivity index (χ2v) is 7.31. The highest BCUT2D eigenvalue weighted by Gasteiger charge is 2.52. The fourth-order valence-electron chi connectivity index (χ4n) is 2.79. The fourth-order valence-corrected chi connectivity index (χ4v) is 2.79. The molecule has 1 aliphatic heterocycles. The number of aromatic nitrogens is 2. The van der Waals surface area contributed by atoms with Crippen LogP contribution in [-0.4, -0.2) is 48.5 Å². The first-order chi connectivity index (χ1) is 12.2. The molecule has 1 aliphatic rings. The summed E-state index contributed by atoms with van der Waals surface area (Å²) < 4.78 is 22.3. The van der Waals surface area contributed by atoms with E-state index in [-0.39, 0.29) is 0 Å². The molecule has 0 bridgehead atoms. The van der Waals surface area contributed by atoms with Gasteiger partial charge in [0.15, 0.2) is 0 Å². The minimum Gasteiger partial charge on any atom is -0.465 e.